The van der Waals surface area contributed by atoms with Gasteiger partial charge in [-0.2, -0.15) is 4.98 Å². The first-order valence-electron chi connectivity index (χ1n) is 5.60. The van der Waals surface area contributed by atoms with Crippen molar-refractivity contribution in [3.8, 4) is 0 Å². The number of benzene rings is 1. The van der Waals surface area contributed by atoms with Crippen LogP contribution in [-0.4, -0.2) is 23.6 Å². The zero-order valence-electron chi connectivity index (χ0n) is 10.7. The zero-order valence-corrected chi connectivity index (χ0v) is 11.5. The molecule has 108 valence electrons. The van der Waals surface area contributed by atoms with E-state index in [9.17, 15) is 17.2 Å². The van der Waals surface area contributed by atoms with Crippen molar-refractivity contribution in [1.82, 2.24) is 15.2 Å². The Balaban J connectivity index is 2.30. The summed E-state index contributed by atoms with van der Waals surface area (Å²) >= 11 is 0. The van der Waals surface area contributed by atoms with E-state index in [2.05, 4.69) is 14.8 Å². The van der Waals surface area contributed by atoms with E-state index in [1.807, 2.05) is 12.0 Å². The highest BCUT2D eigenvalue weighted by molar-refractivity contribution is 7.92. The molecule has 2 N–H and O–H groups in total. The molecule has 1 aromatic carbocycles. The number of hydrogen-bond donors (Lipinski definition) is 2. The van der Waals surface area contributed by atoms with Gasteiger partial charge >= 0.3 is 0 Å². The Labute approximate surface area is 114 Å². The van der Waals surface area contributed by atoms with Gasteiger partial charge in [-0.1, -0.05) is 17.7 Å². The maximum atomic E-state index is 12.3. The minimum Gasteiger partial charge on any atom is -0.256 e. The molecule has 2 aromatic rings. The SMILES string of the molecule is Cc1ccc(S(=O)(=O)Nc2n[nH]c(C(F)F)n2)c(C)c1. The number of alkyl halides is 2. The predicted octanol–water partition coefficient (Wildman–Crippen LogP) is 2.16. The van der Waals surface area contributed by atoms with Crippen molar-refractivity contribution in [2.24, 2.45) is 0 Å². The lowest BCUT2D eigenvalue weighted by molar-refractivity contribution is 0.141. The number of anilines is 1. The fourth-order valence-corrected chi connectivity index (χ4v) is 2.87. The molecule has 0 spiro atoms. The summed E-state index contributed by atoms with van der Waals surface area (Å²) in [7, 11) is -3.91. The van der Waals surface area contributed by atoms with E-state index in [1.165, 1.54) is 6.07 Å². The first-order valence-corrected chi connectivity index (χ1v) is 7.08. The van der Waals surface area contributed by atoms with E-state index in [0.29, 0.717) is 5.56 Å². The van der Waals surface area contributed by atoms with E-state index in [1.54, 1.807) is 19.1 Å². The number of H-pyrrole nitrogens is 1. The van der Waals surface area contributed by atoms with Crippen LogP contribution in [0.4, 0.5) is 14.7 Å². The molecule has 0 saturated heterocycles. The second kappa shape index (κ2) is 5.16. The molecule has 9 heteroatoms. The molecule has 0 amide bonds. The lowest BCUT2D eigenvalue weighted by Crippen LogP contribution is -2.15. The Morgan fingerprint density at radius 3 is 2.55 bits per heavy atom. The Kier molecular flexibility index (Phi) is 3.71. The molecule has 6 nitrogen and oxygen atoms in total. The fraction of sp³-hybridized carbons (Fsp3) is 0.273. The number of halogens is 2. The van der Waals surface area contributed by atoms with E-state index >= 15 is 0 Å². The molecule has 0 aliphatic rings. The maximum absolute atomic E-state index is 12.3. The van der Waals surface area contributed by atoms with Gasteiger partial charge in [-0.25, -0.2) is 21.9 Å². The quantitative estimate of drug-likeness (QED) is 0.906. The molecule has 0 radical (unpaired) electrons. The van der Waals surface area contributed by atoms with E-state index in [-0.39, 0.29) is 4.90 Å². The second-order valence-electron chi connectivity index (χ2n) is 4.22. The summed E-state index contributed by atoms with van der Waals surface area (Å²) in [4.78, 5) is 3.41. The van der Waals surface area contributed by atoms with Crippen molar-refractivity contribution in [2.75, 3.05) is 4.72 Å². The summed E-state index contributed by atoms with van der Waals surface area (Å²) in [6.07, 6.45) is -2.85. The zero-order chi connectivity index (χ0) is 14.9. The van der Waals surface area contributed by atoms with Crippen LogP contribution in [0.1, 0.15) is 23.4 Å². The molecular formula is C11H12F2N4O2S. The molecule has 0 atom stereocenters. The molecule has 0 saturated carbocycles. The van der Waals surface area contributed by atoms with Crippen LogP contribution in [0.25, 0.3) is 0 Å². The average Bonchev–Trinajstić information content (AvgIpc) is 2.76. The summed E-state index contributed by atoms with van der Waals surface area (Å²) in [6.45, 7) is 3.48. The van der Waals surface area contributed by atoms with Crippen LogP contribution in [0.2, 0.25) is 0 Å². The smallest absolute Gasteiger partial charge is 0.256 e. The van der Waals surface area contributed by atoms with Crippen molar-refractivity contribution in [3.63, 3.8) is 0 Å². The van der Waals surface area contributed by atoms with Gasteiger partial charge in [-0.15, -0.1) is 5.10 Å². The Hall–Kier alpha value is -2.03. The van der Waals surface area contributed by atoms with Crippen LogP contribution in [-0.2, 0) is 10.0 Å². The van der Waals surface area contributed by atoms with Crippen LogP contribution in [0, 0.1) is 13.8 Å². The summed E-state index contributed by atoms with van der Waals surface area (Å²) in [6, 6.07) is 4.79. The van der Waals surface area contributed by atoms with Crippen LogP contribution >= 0.6 is 0 Å². The van der Waals surface area contributed by atoms with Crippen LogP contribution in [0.3, 0.4) is 0 Å². The number of nitrogens with zero attached hydrogens (tertiary/aromatic N) is 2. The van der Waals surface area contributed by atoms with Crippen molar-refractivity contribution < 1.29 is 17.2 Å². The lowest BCUT2D eigenvalue weighted by Gasteiger charge is -2.08. The highest BCUT2D eigenvalue weighted by Crippen LogP contribution is 2.20. The first-order chi connectivity index (χ1) is 9.29. The Morgan fingerprint density at radius 1 is 1.30 bits per heavy atom. The van der Waals surface area contributed by atoms with Gasteiger partial charge < -0.3 is 0 Å². The van der Waals surface area contributed by atoms with E-state index < -0.39 is 28.2 Å². The molecule has 20 heavy (non-hydrogen) atoms. The molecule has 1 aromatic heterocycles. The summed E-state index contributed by atoms with van der Waals surface area (Å²) in [5.41, 5.74) is 1.46. The van der Waals surface area contributed by atoms with Gasteiger partial charge in [0.25, 0.3) is 22.4 Å². The van der Waals surface area contributed by atoms with Crippen LogP contribution < -0.4 is 4.72 Å². The van der Waals surface area contributed by atoms with E-state index in [0.717, 1.165) is 5.56 Å². The summed E-state index contributed by atoms with van der Waals surface area (Å²) < 4.78 is 51.0. The normalized spacial score (nSPS) is 11.8. The Bertz CT molecular complexity index is 728. The van der Waals surface area contributed by atoms with Gasteiger partial charge in [0.15, 0.2) is 5.82 Å². The van der Waals surface area contributed by atoms with Gasteiger partial charge in [-0.3, -0.25) is 5.10 Å². The number of aromatic nitrogens is 3. The van der Waals surface area contributed by atoms with E-state index in [4.69, 9.17) is 0 Å². The molecule has 1 heterocycles. The number of rotatable bonds is 4. The van der Waals surface area contributed by atoms with Crippen LogP contribution in [0.15, 0.2) is 23.1 Å². The minimum absolute atomic E-state index is 0.0477. The highest BCUT2D eigenvalue weighted by Gasteiger charge is 2.20. The maximum Gasteiger partial charge on any atom is 0.296 e. The summed E-state index contributed by atoms with van der Waals surface area (Å²) in [5.74, 6) is -1.11. The van der Waals surface area contributed by atoms with Gasteiger partial charge in [0.1, 0.15) is 0 Å². The fourth-order valence-electron chi connectivity index (χ4n) is 1.69. The average molecular weight is 302 g/mol. The largest absolute Gasteiger partial charge is 0.296 e. The Morgan fingerprint density at radius 2 is 2.00 bits per heavy atom. The molecule has 0 unspecified atom stereocenters. The molecule has 0 aliphatic heterocycles. The number of nitrogens with one attached hydrogen (secondary N) is 2. The number of sulfonamides is 1. The highest BCUT2D eigenvalue weighted by atomic mass is 32.2. The van der Waals surface area contributed by atoms with Gasteiger partial charge in [0, 0.05) is 0 Å². The topological polar surface area (TPSA) is 87.7 Å². The molecule has 0 fully saturated rings. The standard InChI is InChI=1S/C11H12F2N4O2S/c1-6-3-4-8(7(2)5-6)20(18,19)17-11-14-10(9(12)13)15-16-11/h3-5,9H,1-2H3,(H2,14,15,16,17). The van der Waals surface area contributed by atoms with Gasteiger partial charge in [0.2, 0.25) is 0 Å². The van der Waals surface area contributed by atoms with Gasteiger partial charge in [0.05, 0.1) is 4.90 Å². The third kappa shape index (κ3) is 2.93. The number of aromatic amines is 1. The monoisotopic (exact) mass is 302 g/mol. The summed E-state index contributed by atoms with van der Waals surface area (Å²) in [5, 5.41) is 5.35. The second-order valence-corrected chi connectivity index (χ2v) is 5.87. The molecular weight excluding hydrogens is 290 g/mol. The third-order valence-corrected chi connectivity index (χ3v) is 4.04. The lowest BCUT2D eigenvalue weighted by atomic mass is 10.2. The number of aryl methyl sites for hydroxylation is 2. The number of hydrogen-bond acceptors (Lipinski definition) is 4. The van der Waals surface area contributed by atoms with Gasteiger partial charge in [-0.05, 0) is 25.5 Å². The van der Waals surface area contributed by atoms with Crippen molar-refractivity contribution in [3.05, 3.63) is 35.2 Å². The van der Waals surface area contributed by atoms with Crippen molar-refractivity contribution >= 4 is 16.0 Å². The van der Waals surface area contributed by atoms with Crippen molar-refractivity contribution in [2.45, 2.75) is 25.2 Å². The first kappa shape index (κ1) is 14.4. The van der Waals surface area contributed by atoms with Crippen LogP contribution in [0.5, 0.6) is 0 Å². The minimum atomic E-state index is -3.91. The van der Waals surface area contributed by atoms with Crippen molar-refractivity contribution in [1.29, 1.82) is 0 Å². The third-order valence-electron chi connectivity index (χ3n) is 2.56. The molecule has 2 rings (SSSR count). The molecule has 0 aliphatic carbocycles. The predicted molar refractivity (Wildman–Crippen MR) is 68.1 cm³/mol. The molecule has 0 bridgehead atoms.